The van der Waals surface area contributed by atoms with Crippen molar-refractivity contribution in [2.75, 3.05) is 10.6 Å². The molecule has 0 fully saturated rings. The largest absolute Gasteiger partial charge is 0.486 e. The maximum Gasteiger partial charge on any atom is 0.416 e. The highest BCUT2D eigenvalue weighted by Gasteiger charge is 2.36. The molecular formula is C26H24F3N5O2. The minimum absolute atomic E-state index is 0.244. The molecule has 0 radical (unpaired) electrons. The molecule has 2 aromatic carbocycles. The molecule has 1 aliphatic rings. The van der Waals surface area contributed by atoms with Crippen molar-refractivity contribution in [1.82, 2.24) is 15.0 Å². The van der Waals surface area contributed by atoms with Gasteiger partial charge >= 0.3 is 6.18 Å². The summed E-state index contributed by atoms with van der Waals surface area (Å²) in [7, 11) is 0. The fourth-order valence-electron chi connectivity index (χ4n) is 4.33. The standard InChI is InChI=1S/C26H24F3N5O2/c1-13-5-10-19(14(2)30-13)32-24-33-20-11-17(22-18(21(20)34-24)12-25(3,4)36-22)23(35)31-16-8-6-15(7-9-16)26(27,28)29/h5-11H,12H2,1-4H3,(H,31,35)(H2,32,33,34). The van der Waals surface area contributed by atoms with Gasteiger partial charge in [0.05, 0.1) is 33.5 Å². The predicted molar refractivity (Wildman–Crippen MR) is 131 cm³/mol. The summed E-state index contributed by atoms with van der Waals surface area (Å²) in [4.78, 5) is 25.6. The van der Waals surface area contributed by atoms with Gasteiger partial charge in [-0.1, -0.05) is 0 Å². The fraction of sp³-hybridized carbons (Fsp3) is 0.269. The summed E-state index contributed by atoms with van der Waals surface area (Å²) >= 11 is 0. The number of H-pyrrole nitrogens is 1. The summed E-state index contributed by atoms with van der Waals surface area (Å²) in [5.41, 5.74) is 3.81. The molecule has 0 aliphatic carbocycles. The lowest BCUT2D eigenvalue weighted by Crippen LogP contribution is -2.25. The summed E-state index contributed by atoms with van der Waals surface area (Å²) in [6.07, 6.45) is -3.91. The number of imidazole rings is 1. The third-order valence-corrected chi connectivity index (χ3v) is 6.00. The zero-order valence-electron chi connectivity index (χ0n) is 20.1. The molecule has 3 N–H and O–H groups in total. The first-order valence-electron chi connectivity index (χ1n) is 11.3. The van der Waals surface area contributed by atoms with E-state index in [2.05, 4.69) is 20.6 Å². The number of nitrogens with one attached hydrogen (secondary N) is 3. The number of anilines is 3. The monoisotopic (exact) mass is 495 g/mol. The molecule has 10 heteroatoms. The van der Waals surface area contributed by atoms with E-state index in [0.717, 1.165) is 34.8 Å². The Kier molecular flexibility index (Phi) is 5.42. The molecule has 36 heavy (non-hydrogen) atoms. The maximum absolute atomic E-state index is 13.2. The van der Waals surface area contributed by atoms with E-state index < -0.39 is 23.2 Å². The second-order valence-electron chi connectivity index (χ2n) is 9.49. The molecule has 2 aromatic heterocycles. The molecule has 7 nitrogen and oxygen atoms in total. The number of pyridine rings is 1. The topological polar surface area (TPSA) is 91.9 Å². The number of fused-ring (bicyclic) bond motifs is 3. The first-order chi connectivity index (χ1) is 16.9. The number of carbonyl (C=O) groups excluding carboxylic acids is 1. The van der Waals surface area contributed by atoms with Crippen molar-refractivity contribution in [3.8, 4) is 5.75 Å². The van der Waals surface area contributed by atoms with E-state index in [-0.39, 0.29) is 11.3 Å². The molecule has 0 saturated heterocycles. The van der Waals surface area contributed by atoms with Crippen LogP contribution in [0, 0.1) is 13.8 Å². The second-order valence-corrected chi connectivity index (χ2v) is 9.49. The summed E-state index contributed by atoms with van der Waals surface area (Å²) in [6.45, 7) is 7.66. The number of halogens is 3. The average molecular weight is 496 g/mol. The number of aromatic nitrogens is 3. The van der Waals surface area contributed by atoms with Gasteiger partial charge in [-0.05, 0) is 70.2 Å². The van der Waals surface area contributed by atoms with Gasteiger partial charge in [0.15, 0.2) is 0 Å². The van der Waals surface area contributed by atoms with E-state index in [4.69, 9.17) is 9.72 Å². The first kappa shape index (κ1) is 23.7. The molecule has 0 spiro atoms. The van der Waals surface area contributed by atoms with E-state index in [9.17, 15) is 18.0 Å². The molecule has 4 aromatic rings. The summed E-state index contributed by atoms with van der Waals surface area (Å²) in [5.74, 6) is 0.419. The number of rotatable bonds is 4. The zero-order chi connectivity index (χ0) is 25.8. The van der Waals surface area contributed by atoms with Gasteiger partial charge in [0.25, 0.3) is 5.91 Å². The van der Waals surface area contributed by atoms with Gasteiger partial charge in [-0.15, -0.1) is 0 Å². The molecule has 0 unspecified atom stereocenters. The van der Waals surface area contributed by atoms with Crippen molar-refractivity contribution in [3.05, 3.63) is 70.5 Å². The van der Waals surface area contributed by atoms with Gasteiger partial charge < -0.3 is 20.4 Å². The molecule has 0 atom stereocenters. The Morgan fingerprint density at radius 2 is 1.81 bits per heavy atom. The Hall–Kier alpha value is -4.08. The molecular weight excluding hydrogens is 471 g/mol. The SMILES string of the molecule is Cc1ccc(Nc2nc3c4c(c(C(=O)Nc5ccc(C(F)(F)F)cc5)cc3[nH]2)OC(C)(C)C4)c(C)n1. The highest BCUT2D eigenvalue weighted by Crippen LogP contribution is 2.42. The van der Waals surface area contributed by atoms with Gasteiger partial charge in [-0.2, -0.15) is 13.2 Å². The summed E-state index contributed by atoms with van der Waals surface area (Å²) in [6, 6.07) is 9.77. The molecule has 3 heterocycles. The van der Waals surface area contributed by atoms with Crippen LogP contribution in [0.3, 0.4) is 0 Å². The minimum Gasteiger partial charge on any atom is -0.486 e. The Morgan fingerprint density at radius 3 is 2.47 bits per heavy atom. The lowest BCUT2D eigenvalue weighted by atomic mass is 9.98. The number of ether oxygens (including phenoxy) is 1. The van der Waals surface area contributed by atoms with Gasteiger partial charge in [0, 0.05) is 23.4 Å². The van der Waals surface area contributed by atoms with Gasteiger partial charge in [0.2, 0.25) is 5.95 Å². The van der Waals surface area contributed by atoms with Crippen molar-refractivity contribution in [3.63, 3.8) is 0 Å². The minimum atomic E-state index is -4.45. The lowest BCUT2D eigenvalue weighted by Gasteiger charge is -2.18. The average Bonchev–Trinajstić information content (AvgIpc) is 3.33. The van der Waals surface area contributed by atoms with Crippen LogP contribution < -0.4 is 15.4 Å². The third kappa shape index (κ3) is 4.46. The van der Waals surface area contributed by atoms with Crippen LogP contribution in [0.2, 0.25) is 0 Å². The van der Waals surface area contributed by atoms with Gasteiger partial charge in [-0.25, -0.2) is 4.98 Å². The Morgan fingerprint density at radius 1 is 1.08 bits per heavy atom. The molecule has 186 valence electrons. The van der Waals surface area contributed by atoms with Gasteiger partial charge in [0.1, 0.15) is 11.4 Å². The first-order valence-corrected chi connectivity index (χ1v) is 11.3. The number of aryl methyl sites for hydroxylation is 2. The van der Waals surface area contributed by atoms with E-state index in [1.165, 1.54) is 12.1 Å². The van der Waals surface area contributed by atoms with Crippen LogP contribution >= 0.6 is 0 Å². The lowest BCUT2D eigenvalue weighted by molar-refractivity contribution is -0.137. The molecule has 5 rings (SSSR count). The van der Waals surface area contributed by atoms with Crippen LogP contribution in [-0.4, -0.2) is 26.5 Å². The van der Waals surface area contributed by atoms with E-state index in [0.29, 0.717) is 29.2 Å². The third-order valence-electron chi connectivity index (χ3n) is 6.00. The number of aromatic amines is 1. The quantitative estimate of drug-likeness (QED) is 0.309. The molecule has 0 saturated carbocycles. The normalized spacial score (nSPS) is 14.4. The number of amides is 1. The highest BCUT2D eigenvalue weighted by atomic mass is 19.4. The molecule has 1 aliphatic heterocycles. The summed E-state index contributed by atoms with van der Waals surface area (Å²) < 4.78 is 44.7. The summed E-state index contributed by atoms with van der Waals surface area (Å²) in [5, 5.41) is 5.92. The van der Waals surface area contributed by atoms with Crippen LogP contribution in [0.25, 0.3) is 11.0 Å². The number of benzene rings is 2. The van der Waals surface area contributed by atoms with Crippen molar-refractivity contribution >= 4 is 34.3 Å². The number of nitrogens with zero attached hydrogens (tertiary/aromatic N) is 2. The highest BCUT2D eigenvalue weighted by molar-refractivity contribution is 6.09. The smallest absolute Gasteiger partial charge is 0.416 e. The van der Waals surface area contributed by atoms with E-state index >= 15 is 0 Å². The number of hydrogen-bond acceptors (Lipinski definition) is 5. The molecule has 1 amide bonds. The predicted octanol–water partition coefficient (Wildman–Crippen LogP) is 6.30. The van der Waals surface area contributed by atoms with Crippen molar-refractivity contribution in [2.24, 2.45) is 0 Å². The zero-order valence-corrected chi connectivity index (χ0v) is 20.1. The Labute approximate surface area is 205 Å². The van der Waals surface area contributed by atoms with Crippen molar-refractivity contribution in [1.29, 1.82) is 0 Å². The van der Waals surface area contributed by atoms with Crippen LogP contribution in [-0.2, 0) is 12.6 Å². The van der Waals surface area contributed by atoms with Crippen LogP contribution in [0.1, 0.15) is 46.7 Å². The Balaban J connectivity index is 1.50. The Bertz CT molecular complexity index is 1490. The second kappa shape index (κ2) is 8.25. The van der Waals surface area contributed by atoms with Crippen LogP contribution in [0.4, 0.5) is 30.5 Å². The van der Waals surface area contributed by atoms with E-state index in [1.54, 1.807) is 6.07 Å². The number of alkyl halides is 3. The van der Waals surface area contributed by atoms with E-state index in [1.807, 2.05) is 39.8 Å². The maximum atomic E-state index is 13.2. The van der Waals surface area contributed by atoms with Crippen LogP contribution in [0.15, 0.2) is 42.5 Å². The van der Waals surface area contributed by atoms with Crippen molar-refractivity contribution < 1.29 is 22.7 Å². The van der Waals surface area contributed by atoms with Gasteiger partial charge in [-0.3, -0.25) is 9.78 Å². The number of carbonyl (C=O) groups is 1. The molecule has 0 bridgehead atoms. The number of hydrogen-bond donors (Lipinski definition) is 3. The fourth-order valence-corrected chi connectivity index (χ4v) is 4.33. The van der Waals surface area contributed by atoms with Crippen LogP contribution in [0.5, 0.6) is 5.75 Å². The van der Waals surface area contributed by atoms with Crippen molar-refractivity contribution in [2.45, 2.75) is 45.9 Å².